The summed E-state index contributed by atoms with van der Waals surface area (Å²) in [6, 6.07) is 21.2. The molecule has 0 spiro atoms. The highest BCUT2D eigenvalue weighted by Crippen LogP contribution is 2.46. The van der Waals surface area contributed by atoms with Crippen molar-refractivity contribution >= 4 is 18.7 Å². The van der Waals surface area contributed by atoms with E-state index in [9.17, 15) is 9.90 Å². The van der Waals surface area contributed by atoms with Crippen LogP contribution < -0.4 is 10.4 Å². The molecule has 0 unspecified atom stereocenters. The Morgan fingerprint density at radius 2 is 1.59 bits per heavy atom. The lowest BCUT2D eigenvalue weighted by molar-refractivity contribution is 0.0741. The molecule has 2 aliphatic rings. The van der Waals surface area contributed by atoms with Crippen molar-refractivity contribution in [2.75, 3.05) is 13.2 Å². The van der Waals surface area contributed by atoms with Crippen LogP contribution in [0, 0.1) is 0 Å². The predicted molar refractivity (Wildman–Crippen MR) is 122 cm³/mol. The smallest absolute Gasteiger partial charge is 0.258 e. The molecule has 2 aliphatic heterocycles. The molecule has 2 atom stereocenters. The number of hydrogen-bond donors (Lipinski definition) is 2. The fourth-order valence-corrected chi connectivity index (χ4v) is 9.71. The molecule has 0 bridgehead atoms. The topological polar surface area (TPSA) is 43.7 Å². The van der Waals surface area contributed by atoms with E-state index in [2.05, 4.69) is 43.0 Å². The number of fused-ring (bicyclic) bond motifs is 1. The van der Waals surface area contributed by atoms with E-state index in [1.54, 1.807) is 0 Å². The fraction of sp³-hybridized carbons (Fsp3) is 0.520. The van der Waals surface area contributed by atoms with Gasteiger partial charge in [-0.3, -0.25) is 4.90 Å². The SMILES string of the molecule is CC(C)(CC[C@H]1CC[C@]2(CO)CCCN12)[Si](O)(c1ccccc1)c1ccccc1. The van der Waals surface area contributed by atoms with Crippen LogP contribution in [-0.4, -0.2) is 47.9 Å². The van der Waals surface area contributed by atoms with Crippen molar-refractivity contribution in [1.82, 2.24) is 4.90 Å². The summed E-state index contributed by atoms with van der Waals surface area (Å²) < 4.78 is 0. The molecule has 0 radical (unpaired) electrons. The molecule has 0 aromatic heterocycles. The maximum Gasteiger partial charge on any atom is 0.258 e. The van der Waals surface area contributed by atoms with Gasteiger partial charge in [0.25, 0.3) is 8.32 Å². The van der Waals surface area contributed by atoms with Crippen LogP contribution in [0.5, 0.6) is 0 Å². The minimum absolute atomic E-state index is 0.0431. The summed E-state index contributed by atoms with van der Waals surface area (Å²) in [5.41, 5.74) is 0.0431. The van der Waals surface area contributed by atoms with Crippen LogP contribution >= 0.6 is 0 Å². The van der Waals surface area contributed by atoms with E-state index in [0.29, 0.717) is 12.6 Å². The molecule has 0 aliphatic carbocycles. The highest BCUT2D eigenvalue weighted by molar-refractivity contribution is 6.98. The van der Waals surface area contributed by atoms with Gasteiger partial charge in [0.1, 0.15) is 0 Å². The molecule has 2 aromatic carbocycles. The third-order valence-electron chi connectivity index (χ3n) is 7.79. The minimum Gasteiger partial charge on any atom is -0.424 e. The largest absolute Gasteiger partial charge is 0.424 e. The lowest BCUT2D eigenvalue weighted by Crippen LogP contribution is -2.65. The standard InChI is InChI=1S/C25H35NO2Si/c1-24(2,17-14-21-15-18-25(20-27)16-9-19-26(21)25)29(28,22-10-5-3-6-11-22)23-12-7-4-8-13-23/h3-8,10-13,21,27-28H,9,14-20H2,1-2H3/t21-,25-/m0/s1. The Bertz CT molecular complexity index is 771. The van der Waals surface area contributed by atoms with E-state index in [-0.39, 0.29) is 10.6 Å². The van der Waals surface area contributed by atoms with Gasteiger partial charge in [-0.1, -0.05) is 74.5 Å². The minimum atomic E-state index is -2.93. The van der Waals surface area contributed by atoms with E-state index in [4.69, 9.17) is 0 Å². The summed E-state index contributed by atoms with van der Waals surface area (Å²) in [4.78, 5) is 14.9. The summed E-state index contributed by atoms with van der Waals surface area (Å²) >= 11 is 0. The number of benzene rings is 2. The Morgan fingerprint density at radius 3 is 2.14 bits per heavy atom. The van der Waals surface area contributed by atoms with Crippen molar-refractivity contribution in [3.05, 3.63) is 60.7 Å². The number of aliphatic hydroxyl groups is 1. The molecule has 4 rings (SSSR count). The molecule has 2 heterocycles. The zero-order valence-electron chi connectivity index (χ0n) is 17.8. The van der Waals surface area contributed by atoms with E-state index >= 15 is 0 Å². The second kappa shape index (κ2) is 7.99. The molecule has 2 saturated heterocycles. The van der Waals surface area contributed by atoms with E-state index in [0.717, 1.165) is 42.6 Å². The van der Waals surface area contributed by atoms with Crippen molar-refractivity contribution in [1.29, 1.82) is 0 Å². The summed E-state index contributed by atoms with van der Waals surface area (Å²) in [5.74, 6) is 0. The van der Waals surface area contributed by atoms with Gasteiger partial charge in [-0.25, -0.2) is 0 Å². The van der Waals surface area contributed by atoms with Gasteiger partial charge in [-0.05, 0) is 60.5 Å². The molecule has 2 fully saturated rings. The van der Waals surface area contributed by atoms with Crippen LogP contribution in [-0.2, 0) is 0 Å². The summed E-state index contributed by atoms with van der Waals surface area (Å²) in [7, 11) is -2.93. The maximum atomic E-state index is 12.3. The first-order valence-electron chi connectivity index (χ1n) is 11.1. The number of rotatable bonds is 7. The average Bonchev–Trinajstić information content (AvgIpc) is 3.32. The number of aliphatic hydroxyl groups excluding tert-OH is 1. The second-order valence-corrected chi connectivity index (χ2v) is 13.7. The second-order valence-electron chi connectivity index (χ2n) is 9.74. The zero-order chi connectivity index (χ0) is 20.5. The Morgan fingerprint density at radius 1 is 1.00 bits per heavy atom. The van der Waals surface area contributed by atoms with Crippen molar-refractivity contribution in [2.24, 2.45) is 0 Å². The molecule has 0 saturated carbocycles. The Balaban J connectivity index is 1.60. The Kier molecular flexibility index (Phi) is 5.73. The van der Waals surface area contributed by atoms with E-state index in [1.807, 2.05) is 36.4 Å². The van der Waals surface area contributed by atoms with Gasteiger partial charge in [0.15, 0.2) is 0 Å². The van der Waals surface area contributed by atoms with Crippen LogP contribution in [0.3, 0.4) is 0 Å². The molecular formula is C25H35NO2Si. The molecule has 3 nitrogen and oxygen atoms in total. The first-order valence-corrected chi connectivity index (χ1v) is 13.1. The molecule has 29 heavy (non-hydrogen) atoms. The van der Waals surface area contributed by atoms with Gasteiger partial charge in [-0.15, -0.1) is 0 Å². The van der Waals surface area contributed by atoms with E-state index < -0.39 is 8.32 Å². The summed E-state index contributed by atoms with van der Waals surface area (Å²) in [5, 5.41) is 12.0. The quantitative estimate of drug-likeness (QED) is 0.690. The van der Waals surface area contributed by atoms with Crippen LogP contribution in [0.1, 0.15) is 52.4 Å². The van der Waals surface area contributed by atoms with Crippen LogP contribution in [0.4, 0.5) is 0 Å². The molecule has 0 amide bonds. The van der Waals surface area contributed by atoms with Crippen molar-refractivity contribution in [3.63, 3.8) is 0 Å². The fourth-order valence-electron chi connectivity index (χ4n) is 5.95. The zero-order valence-corrected chi connectivity index (χ0v) is 18.8. The van der Waals surface area contributed by atoms with Gasteiger partial charge in [0.05, 0.1) is 6.61 Å². The molecule has 2 aromatic rings. The molecule has 2 N–H and O–H groups in total. The third kappa shape index (κ3) is 3.50. The van der Waals surface area contributed by atoms with Gasteiger partial charge in [-0.2, -0.15) is 0 Å². The first kappa shape index (κ1) is 20.8. The third-order valence-corrected chi connectivity index (χ3v) is 12.3. The normalized spacial score (nSPS) is 25.3. The average molecular weight is 410 g/mol. The highest BCUT2D eigenvalue weighted by atomic mass is 28.4. The van der Waals surface area contributed by atoms with Gasteiger partial charge >= 0.3 is 0 Å². The van der Waals surface area contributed by atoms with Crippen LogP contribution in [0.25, 0.3) is 0 Å². The van der Waals surface area contributed by atoms with Crippen molar-refractivity contribution in [2.45, 2.75) is 69.0 Å². The monoisotopic (exact) mass is 409 g/mol. The lowest BCUT2D eigenvalue weighted by Gasteiger charge is -2.42. The van der Waals surface area contributed by atoms with Crippen LogP contribution in [0.2, 0.25) is 5.04 Å². The first-order chi connectivity index (χ1) is 13.9. The molecule has 4 heteroatoms. The van der Waals surface area contributed by atoms with Gasteiger partial charge < -0.3 is 9.90 Å². The van der Waals surface area contributed by atoms with Crippen molar-refractivity contribution in [3.8, 4) is 0 Å². The Labute approximate surface area is 176 Å². The Hall–Kier alpha value is -1.46. The highest BCUT2D eigenvalue weighted by Gasteiger charge is 2.52. The molecule has 156 valence electrons. The number of hydrogen-bond acceptors (Lipinski definition) is 3. The summed E-state index contributed by atoms with van der Waals surface area (Å²) in [6.45, 7) is 5.93. The van der Waals surface area contributed by atoms with Crippen molar-refractivity contribution < 1.29 is 9.90 Å². The number of nitrogens with zero attached hydrogens (tertiary/aromatic N) is 1. The van der Waals surface area contributed by atoms with Crippen LogP contribution in [0.15, 0.2) is 60.7 Å². The van der Waals surface area contributed by atoms with Gasteiger partial charge in [0.2, 0.25) is 0 Å². The maximum absolute atomic E-state index is 12.3. The lowest BCUT2D eigenvalue weighted by atomic mass is 9.95. The predicted octanol–water partition coefficient (Wildman–Crippen LogP) is 3.29. The van der Waals surface area contributed by atoms with Gasteiger partial charge in [0, 0.05) is 11.6 Å². The summed E-state index contributed by atoms with van der Waals surface area (Å²) in [6.07, 6.45) is 6.70. The van der Waals surface area contributed by atoms with E-state index in [1.165, 1.54) is 12.8 Å². The molecular weight excluding hydrogens is 374 g/mol.